The molecule has 6 nitrogen and oxygen atoms in total. The highest BCUT2D eigenvalue weighted by Gasteiger charge is 2.24. The van der Waals surface area contributed by atoms with Crippen LogP contribution in [0.1, 0.15) is 0 Å². The number of hydrogen-bond acceptors (Lipinski definition) is 6. The van der Waals surface area contributed by atoms with Crippen LogP contribution in [-0.4, -0.2) is 37.2 Å². The largest absolute Gasteiger partial charge is 0.301 e. The van der Waals surface area contributed by atoms with Gasteiger partial charge in [0, 0.05) is 23.0 Å². The maximum atomic E-state index is 12.3. The summed E-state index contributed by atoms with van der Waals surface area (Å²) in [5, 5.41) is 7.15. The van der Waals surface area contributed by atoms with Gasteiger partial charge in [-0.25, -0.2) is 13.4 Å². The van der Waals surface area contributed by atoms with Crippen LogP contribution in [0, 0.1) is 0 Å². The fraction of sp³-hybridized carbons (Fsp3) is 0.125. The number of thiazole rings is 1. The van der Waals surface area contributed by atoms with Gasteiger partial charge in [0.15, 0.2) is 5.13 Å². The van der Waals surface area contributed by atoms with Crippen molar-refractivity contribution in [2.45, 2.75) is 4.21 Å². The van der Waals surface area contributed by atoms with Gasteiger partial charge in [-0.1, -0.05) is 29.8 Å². The number of amides is 1. The second kappa shape index (κ2) is 7.85. The van der Waals surface area contributed by atoms with E-state index in [2.05, 4.69) is 10.3 Å². The van der Waals surface area contributed by atoms with Crippen LogP contribution < -0.4 is 5.32 Å². The molecule has 0 unspecified atom stereocenters. The summed E-state index contributed by atoms with van der Waals surface area (Å²) in [6.45, 7) is -0.296. The molecular formula is C16H14ClN3O3S3. The van der Waals surface area contributed by atoms with Crippen LogP contribution in [0.2, 0.25) is 5.02 Å². The highest BCUT2D eigenvalue weighted by Crippen LogP contribution is 2.26. The summed E-state index contributed by atoms with van der Waals surface area (Å²) in [6.07, 6.45) is 0. The molecule has 2 aromatic heterocycles. The maximum absolute atomic E-state index is 12.3. The van der Waals surface area contributed by atoms with Crippen molar-refractivity contribution in [3.05, 3.63) is 52.2 Å². The van der Waals surface area contributed by atoms with Crippen molar-refractivity contribution >= 4 is 55.3 Å². The summed E-state index contributed by atoms with van der Waals surface area (Å²) in [7, 11) is -2.29. The topological polar surface area (TPSA) is 79.4 Å². The van der Waals surface area contributed by atoms with Gasteiger partial charge in [-0.3, -0.25) is 4.79 Å². The van der Waals surface area contributed by atoms with Crippen molar-refractivity contribution in [2.75, 3.05) is 18.9 Å². The van der Waals surface area contributed by atoms with Crippen LogP contribution in [0.15, 0.2) is 51.4 Å². The molecule has 1 aromatic carbocycles. The molecule has 0 aliphatic rings. The molecule has 0 saturated carbocycles. The number of carbonyl (C=O) groups excluding carboxylic acids is 1. The average molecular weight is 428 g/mol. The molecule has 3 rings (SSSR count). The number of nitrogens with one attached hydrogen (secondary N) is 1. The highest BCUT2D eigenvalue weighted by atomic mass is 35.5. The molecule has 0 spiro atoms. The number of likely N-dealkylation sites (N-methyl/N-ethyl adjacent to an activating group) is 1. The monoisotopic (exact) mass is 427 g/mol. The predicted octanol–water partition coefficient (Wildman–Crippen LogP) is 3.78. The molecule has 0 bridgehead atoms. The van der Waals surface area contributed by atoms with E-state index in [-0.39, 0.29) is 10.8 Å². The molecule has 0 atom stereocenters. The third-order valence-corrected chi connectivity index (χ3v) is 7.60. The molecule has 10 heteroatoms. The van der Waals surface area contributed by atoms with E-state index < -0.39 is 15.9 Å². The summed E-state index contributed by atoms with van der Waals surface area (Å²) < 4.78 is 25.9. The quantitative estimate of drug-likeness (QED) is 0.649. The predicted molar refractivity (Wildman–Crippen MR) is 105 cm³/mol. The third kappa shape index (κ3) is 4.30. The van der Waals surface area contributed by atoms with E-state index in [0.717, 1.165) is 21.2 Å². The second-order valence-corrected chi connectivity index (χ2v) is 9.80. The minimum absolute atomic E-state index is 0.201. The fourth-order valence-electron chi connectivity index (χ4n) is 2.09. The lowest BCUT2D eigenvalue weighted by Crippen LogP contribution is -2.34. The molecule has 0 aliphatic carbocycles. The zero-order valence-electron chi connectivity index (χ0n) is 13.5. The number of aromatic nitrogens is 1. The van der Waals surface area contributed by atoms with E-state index in [1.807, 2.05) is 17.5 Å². The number of hydrogen-bond donors (Lipinski definition) is 1. The Hall–Kier alpha value is -1.78. The molecular weight excluding hydrogens is 414 g/mol. The summed E-state index contributed by atoms with van der Waals surface area (Å²) in [4.78, 5) is 16.5. The zero-order valence-corrected chi connectivity index (χ0v) is 16.8. The Kier molecular flexibility index (Phi) is 5.73. The number of nitrogens with zero attached hydrogens (tertiary/aromatic N) is 2. The molecule has 1 amide bonds. The smallest absolute Gasteiger partial charge is 0.252 e. The van der Waals surface area contributed by atoms with Crippen LogP contribution in [0.3, 0.4) is 0 Å². The number of anilines is 1. The first-order valence-corrected chi connectivity index (χ1v) is 10.9. The van der Waals surface area contributed by atoms with Crippen LogP contribution in [0.25, 0.3) is 11.3 Å². The molecule has 1 N–H and O–H groups in total. The van der Waals surface area contributed by atoms with Crippen LogP contribution in [-0.2, 0) is 14.8 Å². The number of rotatable bonds is 6. The number of thiophene rings is 1. The fourth-order valence-corrected chi connectivity index (χ4v) is 5.28. The first-order valence-electron chi connectivity index (χ1n) is 7.37. The van der Waals surface area contributed by atoms with Crippen molar-refractivity contribution in [2.24, 2.45) is 0 Å². The van der Waals surface area contributed by atoms with Gasteiger partial charge in [-0.05, 0) is 23.6 Å². The molecule has 0 fully saturated rings. The van der Waals surface area contributed by atoms with E-state index in [1.165, 1.54) is 24.5 Å². The van der Waals surface area contributed by atoms with E-state index in [4.69, 9.17) is 11.6 Å². The Morgan fingerprint density at radius 2 is 1.96 bits per heavy atom. The van der Waals surface area contributed by atoms with Crippen molar-refractivity contribution in [1.82, 2.24) is 9.29 Å². The highest BCUT2D eigenvalue weighted by molar-refractivity contribution is 7.91. The first kappa shape index (κ1) is 19.0. The van der Waals surface area contributed by atoms with E-state index >= 15 is 0 Å². The Balaban J connectivity index is 1.64. The summed E-state index contributed by atoms with van der Waals surface area (Å²) in [6, 6.07) is 10.4. The summed E-state index contributed by atoms with van der Waals surface area (Å²) in [5.74, 6) is -0.454. The van der Waals surface area contributed by atoms with Gasteiger partial charge in [0.05, 0.1) is 12.2 Å². The number of benzene rings is 1. The van der Waals surface area contributed by atoms with Gasteiger partial charge < -0.3 is 5.32 Å². The summed E-state index contributed by atoms with van der Waals surface area (Å²) >= 11 is 8.25. The first-order chi connectivity index (χ1) is 12.4. The van der Waals surface area contributed by atoms with E-state index in [0.29, 0.717) is 15.8 Å². The van der Waals surface area contributed by atoms with Gasteiger partial charge in [0.1, 0.15) is 4.21 Å². The Morgan fingerprint density at radius 3 is 2.62 bits per heavy atom. The average Bonchev–Trinajstić information content (AvgIpc) is 3.27. The number of halogens is 1. The van der Waals surface area contributed by atoms with Crippen molar-refractivity contribution in [1.29, 1.82) is 0 Å². The van der Waals surface area contributed by atoms with E-state index in [9.17, 15) is 13.2 Å². The lowest BCUT2D eigenvalue weighted by molar-refractivity contribution is -0.116. The van der Waals surface area contributed by atoms with Crippen molar-refractivity contribution < 1.29 is 13.2 Å². The zero-order chi connectivity index (χ0) is 18.7. The maximum Gasteiger partial charge on any atom is 0.252 e. The molecule has 0 radical (unpaired) electrons. The molecule has 26 heavy (non-hydrogen) atoms. The Labute approximate surface area is 164 Å². The molecule has 136 valence electrons. The minimum atomic E-state index is -3.66. The van der Waals surface area contributed by atoms with Crippen molar-refractivity contribution in [3.8, 4) is 11.3 Å². The second-order valence-electron chi connectivity index (χ2n) is 5.29. The van der Waals surface area contributed by atoms with Gasteiger partial charge in [0.25, 0.3) is 10.0 Å². The number of sulfonamides is 1. The molecule has 2 heterocycles. The Bertz CT molecular complexity index is 999. The van der Waals surface area contributed by atoms with E-state index in [1.54, 1.807) is 23.6 Å². The standard InChI is InChI=1S/C16H14ClN3O3S3/c1-20(26(22,23)15-3-2-8-24-15)9-14(21)19-16-18-13(10-25-16)11-4-6-12(17)7-5-11/h2-8,10H,9H2,1H3,(H,18,19,21). The number of carbonyl (C=O) groups is 1. The normalized spacial score (nSPS) is 11.7. The third-order valence-electron chi connectivity index (χ3n) is 3.42. The Morgan fingerprint density at radius 1 is 1.23 bits per heavy atom. The van der Waals surface area contributed by atoms with Gasteiger partial charge in [0.2, 0.25) is 5.91 Å². The minimum Gasteiger partial charge on any atom is -0.301 e. The van der Waals surface area contributed by atoms with Crippen LogP contribution >= 0.6 is 34.3 Å². The van der Waals surface area contributed by atoms with Crippen LogP contribution in [0.5, 0.6) is 0 Å². The van der Waals surface area contributed by atoms with Gasteiger partial charge >= 0.3 is 0 Å². The van der Waals surface area contributed by atoms with Crippen molar-refractivity contribution in [3.63, 3.8) is 0 Å². The lowest BCUT2D eigenvalue weighted by atomic mass is 10.2. The molecule has 0 saturated heterocycles. The van der Waals surface area contributed by atoms with Gasteiger partial charge in [-0.2, -0.15) is 4.31 Å². The summed E-state index contributed by atoms with van der Waals surface area (Å²) in [5.41, 5.74) is 1.59. The van der Waals surface area contributed by atoms with Crippen LogP contribution in [0.4, 0.5) is 5.13 Å². The van der Waals surface area contributed by atoms with Gasteiger partial charge in [-0.15, -0.1) is 22.7 Å². The molecule has 3 aromatic rings. The SMILES string of the molecule is CN(CC(=O)Nc1nc(-c2ccc(Cl)cc2)cs1)S(=O)(=O)c1cccs1. The molecule has 0 aliphatic heterocycles. The lowest BCUT2D eigenvalue weighted by Gasteiger charge is -2.14.